The molecule has 3 N–H and O–H groups in total. The molecule has 0 atom stereocenters. The maximum Gasteiger partial charge on any atom is 0.276 e. The van der Waals surface area contributed by atoms with Gasteiger partial charge in [-0.15, -0.1) is 0 Å². The summed E-state index contributed by atoms with van der Waals surface area (Å²) >= 11 is 0. The fourth-order valence-corrected chi connectivity index (χ4v) is 2.24. The number of H-pyrrole nitrogens is 1. The Morgan fingerprint density at radius 3 is 2.76 bits per heavy atom. The summed E-state index contributed by atoms with van der Waals surface area (Å²) in [5.41, 5.74) is 7.77. The number of piperidine rings is 1. The molecule has 2 heterocycles. The first-order valence-corrected chi connectivity index (χ1v) is 6.36. The topological polar surface area (TPSA) is 75.0 Å². The molecule has 1 aliphatic heterocycles. The predicted molar refractivity (Wildman–Crippen MR) is 66.7 cm³/mol. The first-order chi connectivity index (χ1) is 8.24. The van der Waals surface area contributed by atoms with Gasteiger partial charge in [-0.1, -0.05) is 13.3 Å². The lowest BCUT2D eigenvalue weighted by molar-refractivity contribution is 0.0719. The number of anilines is 1. The number of nitrogens with two attached hydrogens (primary N) is 1. The number of nitrogens with one attached hydrogen (secondary N) is 1. The fraction of sp³-hybridized carbons (Fsp3) is 0.667. The SMILES string of the molecule is CCCc1[nH]nc(C(=O)N2CCCCC2)c1N. The van der Waals surface area contributed by atoms with E-state index in [1.165, 1.54) is 6.42 Å². The molecule has 0 saturated carbocycles. The zero-order chi connectivity index (χ0) is 12.3. The van der Waals surface area contributed by atoms with E-state index < -0.39 is 0 Å². The largest absolute Gasteiger partial charge is 0.395 e. The standard InChI is InChI=1S/C12H20N4O/c1-2-6-9-10(13)11(15-14-9)12(17)16-7-4-3-5-8-16/h2-8,13H2,1H3,(H,14,15). The molecule has 0 spiro atoms. The number of carbonyl (C=O) groups is 1. The van der Waals surface area contributed by atoms with E-state index in [2.05, 4.69) is 17.1 Å². The minimum atomic E-state index is -0.0270. The Morgan fingerprint density at radius 2 is 2.12 bits per heavy atom. The molecule has 1 aromatic rings. The van der Waals surface area contributed by atoms with Crippen molar-refractivity contribution in [2.45, 2.75) is 39.0 Å². The monoisotopic (exact) mass is 236 g/mol. The summed E-state index contributed by atoms with van der Waals surface area (Å²) in [6, 6.07) is 0. The lowest BCUT2D eigenvalue weighted by Crippen LogP contribution is -2.36. The molecule has 5 nitrogen and oxygen atoms in total. The average Bonchev–Trinajstić information content (AvgIpc) is 2.72. The predicted octanol–water partition coefficient (Wildman–Crippen LogP) is 1.57. The zero-order valence-electron chi connectivity index (χ0n) is 10.3. The van der Waals surface area contributed by atoms with Gasteiger partial charge < -0.3 is 10.6 Å². The van der Waals surface area contributed by atoms with Gasteiger partial charge in [-0.25, -0.2) is 0 Å². The van der Waals surface area contributed by atoms with Crippen LogP contribution in [-0.4, -0.2) is 34.1 Å². The summed E-state index contributed by atoms with van der Waals surface area (Å²) in [5, 5.41) is 6.94. The molecule has 0 unspecified atom stereocenters. The molecule has 94 valence electrons. The molecule has 0 radical (unpaired) electrons. The maximum absolute atomic E-state index is 12.2. The second-order valence-electron chi connectivity index (χ2n) is 4.57. The van der Waals surface area contributed by atoms with Crippen molar-refractivity contribution in [3.63, 3.8) is 0 Å². The van der Waals surface area contributed by atoms with Crippen LogP contribution in [0, 0.1) is 0 Å². The molecule has 5 heteroatoms. The van der Waals surface area contributed by atoms with Crippen molar-refractivity contribution in [3.8, 4) is 0 Å². The van der Waals surface area contributed by atoms with Gasteiger partial charge in [-0.2, -0.15) is 5.10 Å². The Labute approximate surface area is 101 Å². The second-order valence-corrected chi connectivity index (χ2v) is 4.57. The number of carbonyl (C=O) groups excluding carboxylic acids is 1. The highest BCUT2D eigenvalue weighted by Crippen LogP contribution is 2.19. The van der Waals surface area contributed by atoms with E-state index in [0.717, 1.165) is 44.5 Å². The number of likely N-dealkylation sites (tertiary alicyclic amines) is 1. The van der Waals surface area contributed by atoms with Gasteiger partial charge in [0.1, 0.15) is 0 Å². The number of hydrogen-bond donors (Lipinski definition) is 2. The Kier molecular flexibility index (Phi) is 3.66. The number of aromatic nitrogens is 2. The fourth-order valence-electron chi connectivity index (χ4n) is 2.24. The van der Waals surface area contributed by atoms with Gasteiger partial charge in [0.25, 0.3) is 5.91 Å². The number of nitrogens with zero attached hydrogens (tertiary/aromatic N) is 2. The molecular weight excluding hydrogens is 216 g/mol. The first-order valence-electron chi connectivity index (χ1n) is 6.36. The van der Waals surface area contributed by atoms with Gasteiger partial charge in [0.05, 0.1) is 11.4 Å². The van der Waals surface area contributed by atoms with Crippen molar-refractivity contribution >= 4 is 11.6 Å². The highest BCUT2D eigenvalue weighted by molar-refractivity contribution is 5.97. The molecular formula is C12H20N4O. The van der Waals surface area contributed by atoms with Crippen molar-refractivity contribution < 1.29 is 4.79 Å². The van der Waals surface area contributed by atoms with Crippen LogP contribution in [0.3, 0.4) is 0 Å². The van der Waals surface area contributed by atoms with Gasteiger partial charge in [0.15, 0.2) is 5.69 Å². The van der Waals surface area contributed by atoms with Crippen LogP contribution in [0.2, 0.25) is 0 Å². The Balaban J connectivity index is 2.13. The van der Waals surface area contributed by atoms with Gasteiger partial charge in [-0.05, 0) is 25.7 Å². The van der Waals surface area contributed by atoms with Crippen LogP contribution in [0.25, 0.3) is 0 Å². The van der Waals surface area contributed by atoms with Crippen LogP contribution in [0.5, 0.6) is 0 Å². The first kappa shape index (κ1) is 12.0. The van der Waals surface area contributed by atoms with E-state index in [4.69, 9.17) is 5.73 Å². The van der Waals surface area contributed by atoms with Crippen LogP contribution >= 0.6 is 0 Å². The smallest absolute Gasteiger partial charge is 0.276 e. The summed E-state index contributed by atoms with van der Waals surface area (Å²) in [4.78, 5) is 14.1. The summed E-state index contributed by atoms with van der Waals surface area (Å²) in [7, 11) is 0. The molecule has 0 aromatic carbocycles. The number of aryl methyl sites for hydroxylation is 1. The highest BCUT2D eigenvalue weighted by Gasteiger charge is 2.23. The third kappa shape index (κ3) is 2.43. The van der Waals surface area contributed by atoms with Gasteiger partial charge in [0, 0.05) is 13.1 Å². The summed E-state index contributed by atoms with van der Waals surface area (Å²) in [6.45, 7) is 3.73. The minimum Gasteiger partial charge on any atom is -0.395 e. The third-order valence-electron chi connectivity index (χ3n) is 3.23. The Morgan fingerprint density at radius 1 is 1.41 bits per heavy atom. The molecule has 0 aliphatic carbocycles. The van der Waals surface area contributed by atoms with Gasteiger partial charge in [0.2, 0.25) is 0 Å². The number of rotatable bonds is 3. The average molecular weight is 236 g/mol. The van der Waals surface area contributed by atoms with Gasteiger partial charge >= 0.3 is 0 Å². The number of hydrogen-bond acceptors (Lipinski definition) is 3. The molecule has 2 rings (SSSR count). The van der Waals surface area contributed by atoms with E-state index >= 15 is 0 Å². The number of amides is 1. The maximum atomic E-state index is 12.2. The minimum absolute atomic E-state index is 0.0270. The quantitative estimate of drug-likeness (QED) is 0.836. The molecule has 0 bridgehead atoms. The zero-order valence-corrected chi connectivity index (χ0v) is 10.3. The van der Waals surface area contributed by atoms with E-state index in [-0.39, 0.29) is 5.91 Å². The van der Waals surface area contributed by atoms with Crippen LogP contribution in [-0.2, 0) is 6.42 Å². The normalized spacial score (nSPS) is 16.2. The summed E-state index contributed by atoms with van der Waals surface area (Å²) < 4.78 is 0. The second kappa shape index (κ2) is 5.21. The van der Waals surface area contributed by atoms with Crippen molar-refractivity contribution in [1.29, 1.82) is 0 Å². The van der Waals surface area contributed by atoms with E-state index in [0.29, 0.717) is 11.4 Å². The lowest BCUT2D eigenvalue weighted by Gasteiger charge is -2.25. The van der Waals surface area contributed by atoms with E-state index in [9.17, 15) is 4.79 Å². The molecule has 1 aliphatic rings. The van der Waals surface area contributed by atoms with Crippen LogP contribution in [0.4, 0.5) is 5.69 Å². The van der Waals surface area contributed by atoms with Crippen molar-refractivity contribution in [3.05, 3.63) is 11.4 Å². The molecule has 1 aromatic heterocycles. The van der Waals surface area contributed by atoms with Crippen molar-refractivity contribution in [2.75, 3.05) is 18.8 Å². The Bertz CT molecular complexity index is 393. The number of aromatic amines is 1. The molecule has 17 heavy (non-hydrogen) atoms. The van der Waals surface area contributed by atoms with Crippen LogP contribution in [0.1, 0.15) is 48.8 Å². The van der Waals surface area contributed by atoms with Crippen LogP contribution in [0.15, 0.2) is 0 Å². The molecule has 1 amide bonds. The summed E-state index contributed by atoms with van der Waals surface area (Å²) in [5.74, 6) is -0.0270. The molecule has 1 fully saturated rings. The highest BCUT2D eigenvalue weighted by atomic mass is 16.2. The molecule has 1 saturated heterocycles. The number of nitrogen functional groups attached to an aromatic ring is 1. The van der Waals surface area contributed by atoms with E-state index in [1.807, 2.05) is 4.90 Å². The van der Waals surface area contributed by atoms with Crippen molar-refractivity contribution in [1.82, 2.24) is 15.1 Å². The Hall–Kier alpha value is -1.52. The van der Waals surface area contributed by atoms with E-state index in [1.54, 1.807) is 0 Å². The lowest BCUT2D eigenvalue weighted by atomic mass is 10.1. The van der Waals surface area contributed by atoms with Crippen molar-refractivity contribution in [2.24, 2.45) is 0 Å². The van der Waals surface area contributed by atoms with Gasteiger partial charge in [-0.3, -0.25) is 9.89 Å². The summed E-state index contributed by atoms with van der Waals surface area (Å²) in [6.07, 6.45) is 5.20. The third-order valence-corrected chi connectivity index (χ3v) is 3.23. The van der Waals surface area contributed by atoms with Crippen LogP contribution < -0.4 is 5.73 Å².